The molecule has 0 aliphatic heterocycles. The van der Waals surface area contributed by atoms with Gasteiger partial charge in [0.15, 0.2) is 0 Å². The summed E-state index contributed by atoms with van der Waals surface area (Å²) in [7, 11) is 1.56. The fourth-order valence-corrected chi connectivity index (χ4v) is 2.39. The lowest BCUT2D eigenvalue weighted by Crippen LogP contribution is -2.40. The molecular weight excluding hydrogens is 362 g/mol. The molecule has 28 heavy (non-hydrogen) atoms. The number of amides is 2. The van der Waals surface area contributed by atoms with Crippen molar-refractivity contribution >= 4 is 12.0 Å². The largest absolute Gasteiger partial charge is 0.494 e. The van der Waals surface area contributed by atoms with Crippen LogP contribution in [0.15, 0.2) is 42.6 Å². The van der Waals surface area contributed by atoms with Crippen LogP contribution in [0.4, 0.5) is 4.79 Å². The number of rotatable bonds is 9. The number of aliphatic carboxylic acids is 1. The van der Waals surface area contributed by atoms with E-state index >= 15 is 0 Å². The average Bonchev–Trinajstić information content (AvgIpc) is 2.68. The van der Waals surface area contributed by atoms with Crippen molar-refractivity contribution in [2.24, 2.45) is 5.92 Å². The molecule has 2 rings (SSSR count). The molecule has 0 saturated heterocycles. The summed E-state index contributed by atoms with van der Waals surface area (Å²) in [6, 6.07) is 10.4. The van der Waals surface area contributed by atoms with Gasteiger partial charge in [0.2, 0.25) is 5.88 Å². The molecule has 0 aliphatic carbocycles. The monoisotopic (exact) mass is 387 g/mol. The predicted octanol–water partition coefficient (Wildman–Crippen LogP) is 3.13. The standard InChI is InChI=1S/C20H25N3O5/c1-4-27-16-5-7-17(8-6-16)28-18-11-15(9-10-21-18)12-22-20(26)23(3)13-14(2)19(24)25/h5-11,14H,4,12-13H2,1-3H3,(H,22,26)(H,24,25). The van der Waals surface area contributed by atoms with Crippen molar-refractivity contribution in [3.05, 3.63) is 48.2 Å². The quantitative estimate of drug-likeness (QED) is 0.685. The molecule has 2 N–H and O–H groups in total. The number of hydrogen-bond acceptors (Lipinski definition) is 5. The highest BCUT2D eigenvalue weighted by atomic mass is 16.5. The molecule has 1 aromatic heterocycles. The van der Waals surface area contributed by atoms with Crippen molar-refractivity contribution in [3.8, 4) is 17.4 Å². The molecule has 0 bridgehead atoms. The van der Waals surface area contributed by atoms with Gasteiger partial charge < -0.3 is 24.8 Å². The first kappa shape index (κ1) is 21.0. The van der Waals surface area contributed by atoms with Gasteiger partial charge in [-0.2, -0.15) is 0 Å². The Morgan fingerprint density at radius 1 is 1.21 bits per heavy atom. The van der Waals surface area contributed by atoms with Gasteiger partial charge >= 0.3 is 12.0 Å². The Kier molecular flexibility index (Phi) is 7.62. The molecule has 2 aromatic rings. The smallest absolute Gasteiger partial charge is 0.317 e. The van der Waals surface area contributed by atoms with Crippen molar-refractivity contribution in [3.63, 3.8) is 0 Å². The maximum atomic E-state index is 12.1. The second kappa shape index (κ2) is 10.1. The third-order valence-corrected chi connectivity index (χ3v) is 3.92. The minimum Gasteiger partial charge on any atom is -0.494 e. The Morgan fingerprint density at radius 3 is 2.54 bits per heavy atom. The maximum Gasteiger partial charge on any atom is 0.317 e. The summed E-state index contributed by atoms with van der Waals surface area (Å²) in [5.74, 6) is 0.222. The molecule has 0 radical (unpaired) electrons. The number of ether oxygens (including phenoxy) is 2. The van der Waals surface area contributed by atoms with Gasteiger partial charge in [0.05, 0.1) is 12.5 Å². The first-order valence-electron chi connectivity index (χ1n) is 8.96. The minimum absolute atomic E-state index is 0.129. The van der Waals surface area contributed by atoms with Gasteiger partial charge in [-0.3, -0.25) is 4.79 Å². The second-order valence-corrected chi connectivity index (χ2v) is 6.29. The number of pyridine rings is 1. The first-order valence-corrected chi connectivity index (χ1v) is 8.96. The fourth-order valence-electron chi connectivity index (χ4n) is 2.39. The number of nitrogens with zero attached hydrogens (tertiary/aromatic N) is 2. The summed E-state index contributed by atoms with van der Waals surface area (Å²) in [4.78, 5) is 28.5. The number of urea groups is 1. The van der Waals surface area contributed by atoms with E-state index in [0.29, 0.717) is 18.2 Å². The summed E-state index contributed by atoms with van der Waals surface area (Å²) < 4.78 is 11.1. The number of carbonyl (C=O) groups is 2. The summed E-state index contributed by atoms with van der Waals surface area (Å²) >= 11 is 0. The number of carbonyl (C=O) groups excluding carboxylic acids is 1. The SMILES string of the molecule is CCOc1ccc(Oc2cc(CNC(=O)N(C)CC(C)C(=O)O)ccn2)cc1. The summed E-state index contributed by atoms with van der Waals surface area (Å²) in [5.41, 5.74) is 0.809. The van der Waals surface area contributed by atoms with E-state index in [2.05, 4.69) is 10.3 Å². The van der Waals surface area contributed by atoms with E-state index in [1.54, 1.807) is 44.4 Å². The highest BCUT2D eigenvalue weighted by Gasteiger charge is 2.17. The Labute approximate surface area is 164 Å². The molecule has 150 valence electrons. The third kappa shape index (κ3) is 6.46. The Balaban J connectivity index is 1.90. The van der Waals surface area contributed by atoms with E-state index in [1.807, 2.05) is 19.1 Å². The molecule has 8 heteroatoms. The summed E-state index contributed by atoms with van der Waals surface area (Å²) in [6.07, 6.45) is 1.60. The summed E-state index contributed by atoms with van der Waals surface area (Å²) in [5, 5.41) is 11.7. The number of aromatic nitrogens is 1. The zero-order valence-electron chi connectivity index (χ0n) is 16.2. The lowest BCUT2D eigenvalue weighted by Gasteiger charge is -2.20. The van der Waals surface area contributed by atoms with Crippen molar-refractivity contribution in [2.75, 3.05) is 20.2 Å². The van der Waals surface area contributed by atoms with Crippen LogP contribution in [-0.4, -0.2) is 47.2 Å². The van der Waals surface area contributed by atoms with Gasteiger partial charge in [0, 0.05) is 32.4 Å². The van der Waals surface area contributed by atoms with Crippen LogP contribution in [-0.2, 0) is 11.3 Å². The van der Waals surface area contributed by atoms with E-state index in [4.69, 9.17) is 14.6 Å². The van der Waals surface area contributed by atoms with E-state index in [9.17, 15) is 9.59 Å². The van der Waals surface area contributed by atoms with Crippen molar-refractivity contribution in [1.82, 2.24) is 15.2 Å². The molecule has 0 saturated carbocycles. The maximum absolute atomic E-state index is 12.1. The van der Waals surface area contributed by atoms with Crippen LogP contribution in [0.2, 0.25) is 0 Å². The second-order valence-electron chi connectivity index (χ2n) is 6.29. The topological polar surface area (TPSA) is 101 Å². The van der Waals surface area contributed by atoms with Gasteiger partial charge in [-0.05, 0) is 42.8 Å². The minimum atomic E-state index is -0.940. The van der Waals surface area contributed by atoms with E-state index in [0.717, 1.165) is 11.3 Å². The molecule has 1 atom stereocenters. The van der Waals surface area contributed by atoms with Crippen molar-refractivity contribution in [1.29, 1.82) is 0 Å². The number of carboxylic acid groups (broad SMARTS) is 1. The third-order valence-electron chi connectivity index (χ3n) is 3.92. The molecule has 1 unspecified atom stereocenters. The number of benzene rings is 1. The lowest BCUT2D eigenvalue weighted by molar-refractivity contribution is -0.141. The van der Waals surface area contributed by atoms with Crippen LogP contribution in [0, 0.1) is 5.92 Å². The normalized spacial score (nSPS) is 11.4. The molecule has 0 aliphatic rings. The number of carboxylic acids is 1. The van der Waals surface area contributed by atoms with Gasteiger partial charge in [-0.15, -0.1) is 0 Å². The molecule has 8 nitrogen and oxygen atoms in total. The van der Waals surface area contributed by atoms with Crippen molar-refractivity contribution in [2.45, 2.75) is 20.4 Å². The Bertz CT molecular complexity index is 795. The van der Waals surface area contributed by atoms with Crippen LogP contribution in [0.5, 0.6) is 17.4 Å². The number of hydrogen-bond donors (Lipinski definition) is 2. The van der Waals surface area contributed by atoms with Gasteiger partial charge in [0.25, 0.3) is 0 Å². The van der Waals surface area contributed by atoms with Gasteiger partial charge in [-0.1, -0.05) is 6.92 Å². The van der Waals surface area contributed by atoms with Crippen LogP contribution in [0.3, 0.4) is 0 Å². The molecule has 1 aromatic carbocycles. The van der Waals surface area contributed by atoms with Crippen LogP contribution in [0.1, 0.15) is 19.4 Å². The van der Waals surface area contributed by atoms with Crippen LogP contribution in [0.25, 0.3) is 0 Å². The first-order chi connectivity index (χ1) is 13.4. The molecule has 0 spiro atoms. The fraction of sp³-hybridized carbons (Fsp3) is 0.350. The molecule has 1 heterocycles. The van der Waals surface area contributed by atoms with Crippen LogP contribution < -0.4 is 14.8 Å². The Morgan fingerprint density at radius 2 is 1.89 bits per heavy atom. The highest BCUT2D eigenvalue weighted by molar-refractivity contribution is 5.75. The summed E-state index contributed by atoms with van der Waals surface area (Å²) in [6.45, 7) is 4.47. The number of nitrogens with one attached hydrogen (secondary N) is 1. The van der Waals surface area contributed by atoms with Gasteiger partial charge in [0.1, 0.15) is 11.5 Å². The molecule has 0 fully saturated rings. The van der Waals surface area contributed by atoms with Crippen molar-refractivity contribution < 1.29 is 24.2 Å². The van der Waals surface area contributed by atoms with E-state index in [-0.39, 0.29) is 19.1 Å². The highest BCUT2D eigenvalue weighted by Crippen LogP contribution is 2.23. The zero-order chi connectivity index (χ0) is 20.5. The molecular formula is C20H25N3O5. The van der Waals surface area contributed by atoms with Crippen LogP contribution >= 0.6 is 0 Å². The van der Waals surface area contributed by atoms with E-state index < -0.39 is 11.9 Å². The Hall–Kier alpha value is -3.29. The van der Waals surface area contributed by atoms with E-state index in [1.165, 1.54) is 4.90 Å². The average molecular weight is 387 g/mol. The van der Waals surface area contributed by atoms with Gasteiger partial charge in [-0.25, -0.2) is 9.78 Å². The lowest BCUT2D eigenvalue weighted by atomic mass is 10.2. The molecule has 2 amide bonds. The zero-order valence-corrected chi connectivity index (χ0v) is 16.2. The predicted molar refractivity (Wildman–Crippen MR) is 104 cm³/mol.